The van der Waals surface area contributed by atoms with Crippen LogP contribution in [0.25, 0.3) is 0 Å². The van der Waals surface area contributed by atoms with Crippen LogP contribution >= 0.6 is 0 Å². The second-order valence-electron chi connectivity index (χ2n) is 3.14. The second kappa shape index (κ2) is 4.45. The fourth-order valence-electron chi connectivity index (χ4n) is 1.71. The third-order valence-electron chi connectivity index (χ3n) is 2.42. The summed E-state index contributed by atoms with van der Waals surface area (Å²) in [5.41, 5.74) is 0. The van der Waals surface area contributed by atoms with Gasteiger partial charge in [-0.2, -0.15) is 0 Å². The molecule has 1 N–H and O–H groups in total. The zero-order valence-electron chi connectivity index (χ0n) is 7.80. The SMILES string of the molecule is CCOC(=O)[C@H]1NCC[C@@H]1CC. The number of hydrogen-bond acceptors (Lipinski definition) is 3. The Labute approximate surface area is 73.5 Å². The molecule has 0 aromatic carbocycles. The van der Waals surface area contributed by atoms with Crippen molar-refractivity contribution in [3.63, 3.8) is 0 Å². The molecule has 0 amide bonds. The fourth-order valence-corrected chi connectivity index (χ4v) is 1.71. The maximum absolute atomic E-state index is 11.3. The Morgan fingerprint density at radius 2 is 2.33 bits per heavy atom. The van der Waals surface area contributed by atoms with Gasteiger partial charge in [-0.1, -0.05) is 13.3 Å². The summed E-state index contributed by atoms with van der Waals surface area (Å²) in [4.78, 5) is 11.3. The summed E-state index contributed by atoms with van der Waals surface area (Å²) in [6.45, 7) is 5.38. The Kier molecular flexibility index (Phi) is 3.53. The summed E-state index contributed by atoms with van der Waals surface area (Å²) >= 11 is 0. The lowest BCUT2D eigenvalue weighted by Crippen LogP contribution is -2.36. The molecule has 1 aliphatic heterocycles. The third-order valence-corrected chi connectivity index (χ3v) is 2.42. The van der Waals surface area contributed by atoms with Crippen LogP contribution in [0.4, 0.5) is 0 Å². The standard InChI is InChI=1S/C9H17NO2/c1-3-7-5-6-10-8(7)9(11)12-4-2/h7-8,10H,3-6H2,1-2H3/t7-,8-/m0/s1. The van der Waals surface area contributed by atoms with E-state index in [1.165, 1.54) is 0 Å². The lowest BCUT2D eigenvalue weighted by atomic mass is 9.98. The molecule has 1 heterocycles. The lowest BCUT2D eigenvalue weighted by molar-refractivity contribution is -0.146. The zero-order chi connectivity index (χ0) is 8.97. The van der Waals surface area contributed by atoms with Crippen molar-refractivity contribution in [3.05, 3.63) is 0 Å². The first-order valence-corrected chi connectivity index (χ1v) is 4.69. The molecule has 1 fully saturated rings. The first-order chi connectivity index (χ1) is 5.79. The van der Waals surface area contributed by atoms with Crippen LogP contribution in [-0.4, -0.2) is 25.2 Å². The normalized spacial score (nSPS) is 28.8. The highest BCUT2D eigenvalue weighted by Gasteiger charge is 2.32. The molecule has 0 spiro atoms. The molecule has 0 aromatic heterocycles. The van der Waals surface area contributed by atoms with Crippen molar-refractivity contribution in [1.82, 2.24) is 5.32 Å². The predicted octanol–water partition coefficient (Wildman–Crippen LogP) is 0.938. The van der Waals surface area contributed by atoms with E-state index in [1.54, 1.807) is 0 Å². The minimum atomic E-state index is -0.0816. The van der Waals surface area contributed by atoms with E-state index in [1.807, 2.05) is 6.92 Å². The van der Waals surface area contributed by atoms with E-state index < -0.39 is 0 Å². The van der Waals surface area contributed by atoms with Crippen molar-refractivity contribution in [2.24, 2.45) is 5.92 Å². The molecule has 0 unspecified atom stereocenters. The van der Waals surface area contributed by atoms with Gasteiger partial charge in [-0.15, -0.1) is 0 Å². The van der Waals surface area contributed by atoms with Crippen LogP contribution < -0.4 is 5.32 Å². The van der Waals surface area contributed by atoms with Gasteiger partial charge in [-0.05, 0) is 25.8 Å². The van der Waals surface area contributed by atoms with E-state index in [9.17, 15) is 4.79 Å². The second-order valence-corrected chi connectivity index (χ2v) is 3.14. The van der Waals surface area contributed by atoms with Gasteiger partial charge in [0, 0.05) is 0 Å². The molecular weight excluding hydrogens is 154 g/mol. The maximum atomic E-state index is 11.3. The minimum absolute atomic E-state index is 0.0463. The molecule has 12 heavy (non-hydrogen) atoms. The largest absolute Gasteiger partial charge is 0.465 e. The van der Waals surface area contributed by atoms with Gasteiger partial charge >= 0.3 is 5.97 Å². The molecule has 0 aliphatic carbocycles. The smallest absolute Gasteiger partial charge is 0.323 e. The summed E-state index contributed by atoms with van der Waals surface area (Å²) in [5.74, 6) is 0.394. The van der Waals surface area contributed by atoms with Crippen LogP contribution in [0.1, 0.15) is 26.7 Å². The summed E-state index contributed by atoms with van der Waals surface area (Å²) in [6.07, 6.45) is 2.15. The molecule has 1 saturated heterocycles. The average Bonchev–Trinajstić information content (AvgIpc) is 2.51. The van der Waals surface area contributed by atoms with E-state index in [0.29, 0.717) is 12.5 Å². The number of nitrogens with one attached hydrogen (secondary N) is 1. The van der Waals surface area contributed by atoms with Gasteiger partial charge in [-0.25, -0.2) is 0 Å². The van der Waals surface area contributed by atoms with Crippen LogP contribution in [0, 0.1) is 5.92 Å². The summed E-state index contributed by atoms with van der Waals surface area (Å²) in [7, 11) is 0. The van der Waals surface area contributed by atoms with Crippen molar-refractivity contribution in [2.75, 3.05) is 13.2 Å². The molecule has 70 valence electrons. The highest BCUT2D eigenvalue weighted by Crippen LogP contribution is 2.19. The third kappa shape index (κ3) is 1.97. The van der Waals surface area contributed by atoms with Gasteiger partial charge in [0.1, 0.15) is 6.04 Å². The molecule has 2 atom stereocenters. The fraction of sp³-hybridized carbons (Fsp3) is 0.889. The Bertz CT molecular complexity index is 159. The highest BCUT2D eigenvalue weighted by molar-refractivity contribution is 5.76. The molecular formula is C9H17NO2. The number of rotatable bonds is 3. The van der Waals surface area contributed by atoms with Crippen molar-refractivity contribution < 1.29 is 9.53 Å². The molecule has 0 aromatic rings. The van der Waals surface area contributed by atoms with E-state index in [4.69, 9.17) is 4.74 Å². The van der Waals surface area contributed by atoms with Gasteiger partial charge in [0.05, 0.1) is 6.61 Å². The van der Waals surface area contributed by atoms with Gasteiger partial charge < -0.3 is 10.1 Å². The van der Waals surface area contributed by atoms with E-state index in [-0.39, 0.29) is 12.0 Å². The van der Waals surface area contributed by atoms with Gasteiger partial charge in [0.25, 0.3) is 0 Å². The minimum Gasteiger partial charge on any atom is -0.465 e. The van der Waals surface area contributed by atoms with Crippen molar-refractivity contribution in [3.8, 4) is 0 Å². The number of carbonyl (C=O) groups excluding carboxylic acids is 1. The van der Waals surface area contributed by atoms with Gasteiger partial charge in [0.15, 0.2) is 0 Å². The average molecular weight is 171 g/mol. The summed E-state index contributed by atoms with van der Waals surface area (Å²) < 4.78 is 4.96. The van der Waals surface area contributed by atoms with Gasteiger partial charge in [0.2, 0.25) is 0 Å². The molecule has 3 nitrogen and oxygen atoms in total. The number of esters is 1. The van der Waals surface area contributed by atoms with Crippen LogP contribution in [0.2, 0.25) is 0 Å². The van der Waals surface area contributed by atoms with Crippen LogP contribution in [0.3, 0.4) is 0 Å². The van der Waals surface area contributed by atoms with Crippen LogP contribution in [-0.2, 0) is 9.53 Å². The van der Waals surface area contributed by atoms with Gasteiger partial charge in [-0.3, -0.25) is 4.79 Å². The van der Waals surface area contributed by atoms with Crippen molar-refractivity contribution >= 4 is 5.97 Å². The predicted molar refractivity (Wildman–Crippen MR) is 46.8 cm³/mol. The first-order valence-electron chi connectivity index (χ1n) is 4.69. The van der Waals surface area contributed by atoms with Crippen molar-refractivity contribution in [1.29, 1.82) is 0 Å². The number of carbonyl (C=O) groups is 1. The Balaban J connectivity index is 2.43. The first kappa shape index (κ1) is 9.52. The monoisotopic (exact) mass is 171 g/mol. The molecule has 0 radical (unpaired) electrons. The van der Waals surface area contributed by atoms with Crippen LogP contribution in [0.5, 0.6) is 0 Å². The summed E-state index contributed by atoms with van der Waals surface area (Å²) in [6, 6.07) is -0.0463. The lowest BCUT2D eigenvalue weighted by Gasteiger charge is -2.15. The number of ether oxygens (including phenoxy) is 1. The highest BCUT2D eigenvalue weighted by atomic mass is 16.5. The van der Waals surface area contributed by atoms with Crippen LogP contribution in [0.15, 0.2) is 0 Å². The number of hydrogen-bond donors (Lipinski definition) is 1. The quantitative estimate of drug-likeness (QED) is 0.642. The Morgan fingerprint density at radius 3 is 2.92 bits per heavy atom. The molecule has 1 aliphatic rings. The Morgan fingerprint density at radius 1 is 1.58 bits per heavy atom. The molecule has 0 bridgehead atoms. The maximum Gasteiger partial charge on any atom is 0.323 e. The zero-order valence-corrected chi connectivity index (χ0v) is 7.80. The summed E-state index contributed by atoms with van der Waals surface area (Å²) in [5, 5.41) is 3.17. The van der Waals surface area contributed by atoms with E-state index in [0.717, 1.165) is 19.4 Å². The molecule has 3 heteroatoms. The Hall–Kier alpha value is -0.570. The van der Waals surface area contributed by atoms with E-state index >= 15 is 0 Å². The van der Waals surface area contributed by atoms with Crippen molar-refractivity contribution in [2.45, 2.75) is 32.7 Å². The van der Waals surface area contributed by atoms with E-state index in [2.05, 4.69) is 12.2 Å². The molecule has 1 rings (SSSR count). The topological polar surface area (TPSA) is 38.3 Å². The molecule has 0 saturated carbocycles.